The molecule has 0 aromatic heterocycles. The van der Waals surface area contributed by atoms with Gasteiger partial charge in [-0.3, -0.25) is 0 Å². The van der Waals surface area contributed by atoms with Crippen LogP contribution in [0.4, 0.5) is 0 Å². The van der Waals surface area contributed by atoms with Crippen molar-refractivity contribution >= 4 is 15.7 Å². The Bertz CT molecular complexity index is 182. The first-order valence-corrected chi connectivity index (χ1v) is 3.55. The van der Waals surface area contributed by atoms with E-state index in [2.05, 4.69) is 11.3 Å². The molecule has 0 aliphatic heterocycles. The van der Waals surface area contributed by atoms with Crippen LogP contribution in [0.2, 0.25) is 0 Å². The van der Waals surface area contributed by atoms with Crippen molar-refractivity contribution in [1.29, 1.82) is 0 Å². The molecule has 0 rings (SSSR count). The molecule has 0 aliphatic rings. The summed E-state index contributed by atoms with van der Waals surface area (Å²) in [5, 5.41) is 1.14. The van der Waals surface area contributed by atoms with E-state index >= 15 is 0 Å². The van der Waals surface area contributed by atoms with Gasteiger partial charge in [-0.2, -0.15) is 8.42 Å². The summed E-state index contributed by atoms with van der Waals surface area (Å²) in [6.45, 7) is 3.66. The van der Waals surface area contributed by atoms with E-state index in [4.69, 9.17) is 0 Å². The van der Waals surface area contributed by atoms with Gasteiger partial charge in [0.15, 0.2) is 0 Å². The van der Waals surface area contributed by atoms with Crippen molar-refractivity contribution < 1.29 is 13.2 Å². The summed E-state index contributed by atoms with van der Waals surface area (Å²) in [6, 6.07) is 0. The van der Waals surface area contributed by atoms with Crippen LogP contribution in [0.5, 0.6) is 0 Å². The van der Waals surface area contributed by atoms with Crippen molar-refractivity contribution in [3.8, 4) is 0 Å². The monoisotopic (exact) mass is 148 g/mol. The van der Waals surface area contributed by atoms with Crippen molar-refractivity contribution in [3.05, 3.63) is 12.8 Å². The van der Waals surface area contributed by atoms with Crippen LogP contribution in [0.15, 0.2) is 12.8 Å². The summed E-state index contributed by atoms with van der Waals surface area (Å²) in [5.41, 5.74) is 0. The van der Waals surface area contributed by atoms with E-state index < -0.39 is 10.3 Å². The van der Waals surface area contributed by atoms with E-state index in [1.807, 2.05) is 0 Å². The molecule has 0 aromatic carbocycles. The summed E-state index contributed by atoms with van der Waals surface area (Å²) in [4.78, 5) is 0. The molecule has 0 N–H and O–H groups in total. The average Bonchev–Trinajstić information content (AvgIpc) is 1.80. The van der Waals surface area contributed by atoms with E-state index in [0.29, 0.717) is 13.0 Å². The van der Waals surface area contributed by atoms with E-state index in [-0.39, 0.29) is 0 Å². The van der Waals surface area contributed by atoms with Gasteiger partial charge in [0.05, 0.1) is 12.9 Å². The fourth-order valence-electron chi connectivity index (χ4n) is 0.296. The minimum Gasteiger partial charge on any atom is -0.501 e. The summed E-state index contributed by atoms with van der Waals surface area (Å²) in [7, 11) is -2.06. The normalized spacial score (nSPS) is 8.00. The van der Waals surface area contributed by atoms with Gasteiger partial charge >= 0.3 is 0 Å². The third kappa shape index (κ3) is 7.23. The summed E-state index contributed by atoms with van der Waals surface area (Å²) in [5.74, 6) is 0. The molecule has 52 valence electrons. The number of hydrogen-bond donors (Lipinski definition) is 0. The highest BCUT2D eigenvalue weighted by molar-refractivity contribution is 7.71. The van der Waals surface area contributed by atoms with Gasteiger partial charge in [0, 0.05) is 11.8 Å². The first kappa shape index (κ1) is 8.23. The van der Waals surface area contributed by atoms with Gasteiger partial charge in [-0.05, 0) is 0 Å². The Morgan fingerprint density at radius 3 is 2.67 bits per heavy atom. The molecule has 0 saturated carbocycles. The van der Waals surface area contributed by atoms with Gasteiger partial charge < -0.3 is 4.74 Å². The average molecular weight is 148 g/mol. The lowest BCUT2D eigenvalue weighted by molar-refractivity contribution is 0.262. The van der Waals surface area contributed by atoms with Crippen LogP contribution < -0.4 is 0 Å². The second-order valence-electron chi connectivity index (χ2n) is 1.25. The minimum absolute atomic E-state index is 0.373. The van der Waals surface area contributed by atoms with E-state index in [0.717, 1.165) is 5.37 Å². The van der Waals surface area contributed by atoms with E-state index in [9.17, 15) is 8.42 Å². The van der Waals surface area contributed by atoms with Gasteiger partial charge in [-0.1, -0.05) is 6.58 Å². The zero-order valence-corrected chi connectivity index (χ0v) is 5.73. The molecule has 0 bridgehead atoms. The standard InChI is InChI=1S/C5H8O3S/c1-2-8-4-3-5-9(6)7/h2,5H,1,3-4H2. The van der Waals surface area contributed by atoms with Gasteiger partial charge in [0.1, 0.15) is 0 Å². The predicted octanol–water partition coefficient (Wildman–Crippen LogP) is 0.218. The zero-order valence-electron chi connectivity index (χ0n) is 4.91. The third-order valence-corrected chi connectivity index (χ3v) is 1.12. The maximum absolute atomic E-state index is 9.83. The lowest BCUT2D eigenvalue weighted by Crippen LogP contribution is -1.87. The SMILES string of the molecule is C=COCCC=S(=O)=O. The van der Waals surface area contributed by atoms with Gasteiger partial charge in [0.25, 0.3) is 0 Å². The zero-order chi connectivity index (χ0) is 7.11. The van der Waals surface area contributed by atoms with Crippen molar-refractivity contribution in [2.75, 3.05) is 6.61 Å². The molecule has 0 atom stereocenters. The van der Waals surface area contributed by atoms with Gasteiger partial charge in [-0.15, -0.1) is 0 Å². The molecule has 0 saturated heterocycles. The fourth-order valence-corrected chi connectivity index (χ4v) is 0.584. The number of hydrogen-bond acceptors (Lipinski definition) is 3. The van der Waals surface area contributed by atoms with Crippen LogP contribution >= 0.6 is 0 Å². The molecule has 4 heteroatoms. The lowest BCUT2D eigenvalue weighted by atomic mass is 10.5. The molecule has 0 heterocycles. The highest BCUT2D eigenvalue weighted by Gasteiger charge is 1.77. The fraction of sp³-hybridized carbons (Fsp3) is 0.400. The van der Waals surface area contributed by atoms with Crippen LogP contribution in [0, 0.1) is 0 Å². The van der Waals surface area contributed by atoms with Gasteiger partial charge in [-0.25, -0.2) is 0 Å². The highest BCUT2D eigenvalue weighted by atomic mass is 32.2. The largest absolute Gasteiger partial charge is 0.501 e. The number of rotatable bonds is 4. The molecule has 0 amide bonds. The van der Waals surface area contributed by atoms with Crippen molar-refractivity contribution in [2.45, 2.75) is 6.42 Å². The van der Waals surface area contributed by atoms with E-state index in [1.165, 1.54) is 6.26 Å². The molecule has 0 unspecified atom stereocenters. The second-order valence-corrected chi connectivity index (χ2v) is 2.11. The van der Waals surface area contributed by atoms with Crippen molar-refractivity contribution in [2.24, 2.45) is 0 Å². The Morgan fingerprint density at radius 1 is 1.56 bits per heavy atom. The Hall–Kier alpha value is -0.770. The Morgan fingerprint density at radius 2 is 2.22 bits per heavy atom. The van der Waals surface area contributed by atoms with Crippen LogP contribution in [0.25, 0.3) is 0 Å². The van der Waals surface area contributed by atoms with E-state index in [1.54, 1.807) is 0 Å². The molecule has 9 heavy (non-hydrogen) atoms. The highest BCUT2D eigenvalue weighted by Crippen LogP contribution is 1.76. The Kier molecular flexibility index (Phi) is 4.91. The minimum atomic E-state index is -2.06. The van der Waals surface area contributed by atoms with Crippen LogP contribution in [-0.4, -0.2) is 20.4 Å². The Labute approximate surface area is 55.5 Å². The smallest absolute Gasteiger partial charge is 0.210 e. The summed E-state index contributed by atoms with van der Waals surface area (Å²) >= 11 is 0. The molecule has 0 aromatic rings. The first-order valence-electron chi connectivity index (χ1n) is 2.41. The van der Waals surface area contributed by atoms with Crippen molar-refractivity contribution in [1.82, 2.24) is 0 Å². The topological polar surface area (TPSA) is 43.4 Å². The number of ether oxygens (including phenoxy) is 1. The summed E-state index contributed by atoms with van der Waals surface area (Å²) in [6.07, 6.45) is 1.68. The molecular weight excluding hydrogens is 140 g/mol. The van der Waals surface area contributed by atoms with Crippen LogP contribution in [0.3, 0.4) is 0 Å². The second kappa shape index (κ2) is 5.37. The quantitative estimate of drug-likeness (QED) is 0.325. The van der Waals surface area contributed by atoms with Crippen molar-refractivity contribution in [3.63, 3.8) is 0 Å². The van der Waals surface area contributed by atoms with Gasteiger partial charge in [0.2, 0.25) is 10.3 Å². The molecule has 0 spiro atoms. The molecular formula is C5H8O3S. The molecule has 0 fully saturated rings. The lowest BCUT2D eigenvalue weighted by Gasteiger charge is -1.90. The summed E-state index contributed by atoms with van der Waals surface area (Å²) < 4.78 is 24.3. The molecule has 0 aliphatic carbocycles. The third-order valence-electron chi connectivity index (χ3n) is 0.607. The van der Waals surface area contributed by atoms with Crippen LogP contribution in [0.1, 0.15) is 6.42 Å². The maximum Gasteiger partial charge on any atom is 0.210 e. The van der Waals surface area contributed by atoms with Crippen LogP contribution in [-0.2, 0) is 15.0 Å². The Balaban J connectivity index is 3.31. The molecule has 3 nitrogen and oxygen atoms in total. The first-order chi connectivity index (χ1) is 4.27. The molecule has 0 radical (unpaired) electrons. The maximum atomic E-state index is 9.83. The predicted molar refractivity (Wildman–Crippen MR) is 35.7 cm³/mol.